The molecule has 2 unspecified atom stereocenters. The predicted molar refractivity (Wildman–Crippen MR) is 89.9 cm³/mol. The number of morpholine rings is 1. The number of hydrogen-bond donors (Lipinski definition) is 1. The Kier molecular flexibility index (Phi) is 6.02. The lowest BCUT2D eigenvalue weighted by molar-refractivity contribution is -0.0443. The molecule has 0 aromatic heterocycles. The minimum atomic E-state index is -3.49. The van der Waals surface area contributed by atoms with Crippen molar-refractivity contribution in [3.63, 3.8) is 0 Å². The molecule has 0 spiro atoms. The predicted octanol–water partition coefficient (Wildman–Crippen LogP) is 1.49. The van der Waals surface area contributed by atoms with E-state index in [0.717, 1.165) is 16.9 Å². The summed E-state index contributed by atoms with van der Waals surface area (Å²) in [4.78, 5) is 0. The molecule has 2 rings (SSSR count). The van der Waals surface area contributed by atoms with E-state index in [2.05, 4.69) is 4.72 Å². The molecule has 0 aliphatic carbocycles. The fraction of sp³-hybridized carbons (Fsp3) is 0.625. The average Bonchev–Trinajstić information content (AvgIpc) is 2.46. The number of benzene rings is 1. The molecule has 1 aliphatic heterocycles. The Labute approximate surface area is 139 Å². The summed E-state index contributed by atoms with van der Waals surface area (Å²) < 4.78 is 39.9. The van der Waals surface area contributed by atoms with Gasteiger partial charge in [0.05, 0.1) is 19.3 Å². The Hall–Kier alpha value is -1.15. The molecule has 0 saturated carbocycles. The summed E-state index contributed by atoms with van der Waals surface area (Å²) in [6, 6.07) is 5.90. The van der Waals surface area contributed by atoms with Crippen LogP contribution in [0.3, 0.4) is 0 Å². The fourth-order valence-electron chi connectivity index (χ4n) is 2.84. The second-order valence-electron chi connectivity index (χ2n) is 6.04. The van der Waals surface area contributed by atoms with Gasteiger partial charge in [-0.3, -0.25) is 0 Å². The Morgan fingerprint density at radius 3 is 2.57 bits per heavy atom. The zero-order valence-electron chi connectivity index (χ0n) is 14.2. The molecule has 6 nitrogen and oxygen atoms in total. The van der Waals surface area contributed by atoms with E-state index in [0.29, 0.717) is 26.1 Å². The first-order valence-electron chi connectivity index (χ1n) is 7.85. The minimum Gasteiger partial charge on any atom is -0.496 e. The fourth-order valence-corrected chi connectivity index (χ4v) is 4.19. The van der Waals surface area contributed by atoms with Crippen LogP contribution in [0.5, 0.6) is 5.75 Å². The Bertz CT molecular complexity index is 623. The van der Waals surface area contributed by atoms with Crippen molar-refractivity contribution in [3.8, 4) is 5.75 Å². The van der Waals surface area contributed by atoms with Crippen LogP contribution in [-0.2, 0) is 21.4 Å². The normalized spacial score (nSPS) is 23.0. The maximum Gasteiger partial charge on any atom is 0.279 e. The van der Waals surface area contributed by atoms with Crippen molar-refractivity contribution in [1.82, 2.24) is 9.03 Å². The summed E-state index contributed by atoms with van der Waals surface area (Å²) in [6.45, 7) is 6.87. The Morgan fingerprint density at radius 1 is 1.30 bits per heavy atom. The van der Waals surface area contributed by atoms with Crippen molar-refractivity contribution in [2.45, 2.75) is 39.4 Å². The van der Waals surface area contributed by atoms with Crippen LogP contribution in [0.1, 0.15) is 25.0 Å². The maximum absolute atomic E-state index is 12.4. The van der Waals surface area contributed by atoms with Gasteiger partial charge in [0.1, 0.15) is 5.75 Å². The first-order valence-corrected chi connectivity index (χ1v) is 9.29. The maximum atomic E-state index is 12.4. The van der Waals surface area contributed by atoms with Gasteiger partial charge < -0.3 is 9.47 Å². The van der Waals surface area contributed by atoms with Crippen molar-refractivity contribution in [2.24, 2.45) is 0 Å². The summed E-state index contributed by atoms with van der Waals surface area (Å²) >= 11 is 0. The molecule has 0 amide bonds. The van der Waals surface area contributed by atoms with Gasteiger partial charge in [0, 0.05) is 19.6 Å². The lowest BCUT2D eigenvalue weighted by Gasteiger charge is -2.34. The highest BCUT2D eigenvalue weighted by Crippen LogP contribution is 2.20. The number of rotatable bonds is 6. The van der Waals surface area contributed by atoms with Crippen LogP contribution in [-0.4, -0.2) is 51.7 Å². The summed E-state index contributed by atoms with van der Waals surface area (Å²) in [5, 5.41) is 0. The molecular weight excluding hydrogens is 316 g/mol. The van der Waals surface area contributed by atoms with Gasteiger partial charge in [-0.15, -0.1) is 0 Å². The summed E-state index contributed by atoms with van der Waals surface area (Å²) in [5.41, 5.74) is 2.12. The van der Waals surface area contributed by atoms with E-state index in [-0.39, 0.29) is 12.2 Å². The minimum absolute atomic E-state index is 0.0906. The van der Waals surface area contributed by atoms with E-state index in [1.807, 2.05) is 39.0 Å². The summed E-state index contributed by atoms with van der Waals surface area (Å²) in [7, 11) is -1.87. The molecule has 0 bridgehead atoms. The highest BCUT2D eigenvalue weighted by Gasteiger charge is 2.30. The Morgan fingerprint density at radius 2 is 1.96 bits per heavy atom. The van der Waals surface area contributed by atoms with E-state index in [1.165, 1.54) is 4.31 Å². The van der Waals surface area contributed by atoms with E-state index >= 15 is 0 Å². The van der Waals surface area contributed by atoms with Crippen LogP contribution in [0.2, 0.25) is 0 Å². The van der Waals surface area contributed by atoms with Gasteiger partial charge in [-0.1, -0.05) is 17.7 Å². The van der Waals surface area contributed by atoms with Crippen molar-refractivity contribution in [3.05, 3.63) is 29.3 Å². The smallest absolute Gasteiger partial charge is 0.279 e. The second-order valence-corrected chi connectivity index (χ2v) is 7.79. The van der Waals surface area contributed by atoms with Gasteiger partial charge in [0.15, 0.2) is 0 Å². The van der Waals surface area contributed by atoms with Gasteiger partial charge >= 0.3 is 0 Å². The lowest BCUT2D eigenvalue weighted by atomic mass is 10.1. The van der Waals surface area contributed by atoms with E-state index in [1.54, 1.807) is 7.11 Å². The molecule has 0 radical (unpaired) electrons. The van der Waals surface area contributed by atoms with E-state index in [9.17, 15) is 8.42 Å². The highest BCUT2D eigenvalue weighted by atomic mass is 32.2. The number of aryl methyl sites for hydroxylation is 1. The molecule has 23 heavy (non-hydrogen) atoms. The van der Waals surface area contributed by atoms with Crippen molar-refractivity contribution < 1.29 is 17.9 Å². The van der Waals surface area contributed by atoms with Crippen LogP contribution >= 0.6 is 0 Å². The summed E-state index contributed by atoms with van der Waals surface area (Å²) in [5.74, 6) is 0.781. The van der Waals surface area contributed by atoms with E-state index in [4.69, 9.17) is 9.47 Å². The van der Waals surface area contributed by atoms with Gasteiger partial charge in [-0.05, 0) is 38.8 Å². The third kappa shape index (κ3) is 4.91. The molecule has 1 saturated heterocycles. The number of hydrogen-bond acceptors (Lipinski definition) is 4. The largest absolute Gasteiger partial charge is 0.496 e. The lowest BCUT2D eigenvalue weighted by Crippen LogP contribution is -2.52. The molecule has 1 aromatic rings. The Balaban J connectivity index is 1.96. The third-order valence-electron chi connectivity index (χ3n) is 3.84. The molecule has 2 atom stereocenters. The van der Waals surface area contributed by atoms with Gasteiger partial charge in [0.25, 0.3) is 10.2 Å². The van der Waals surface area contributed by atoms with Crippen LogP contribution in [0.15, 0.2) is 18.2 Å². The number of nitrogens with zero attached hydrogens (tertiary/aromatic N) is 1. The molecule has 130 valence electrons. The van der Waals surface area contributed by atoms with Gasteiger partial charge in [-0.25, -0.2) is 4.72 Å². The zero-order chi connectivity index (χ0) is 17.0. The number of ether oxygens (including phenoxy) is 2. The highest BCUT2D eigenvalue weighted by molar-refractivity contribution is 7.87. The van der Waals surface area contributed by atoms with Gasteiger partial charge in [0.2, 0.25) is 0 Å². The number of nitrogens with one attached hydrogen (secondary N) is 1. The molecule has 1 aliphatic rings. The summed E-state index contributed by atoms with van der Waals surface area (Å²) in [6.07, 6.45) is 0.402. The molecule has 1 aromatic carbocycles. The molecule has 1 heterocycles. The quantitative estimate of drug-likeness (QED) is 0.850. The van der Waals surface area contributed by atoms with Crippen LogP contribution < -0.4 is 9.46 Å². The third-order valence-corrected chi connectivity index (χ3v) is 5.39. The molecule has 1 fully saturated rings. The van der Waals surface area contributed by atoms with Gasteiger partial charge in [-0.2, -0.15) is 12.7 Å². The van der Waals surface area contributed by atoms with Crippen molar-refractivity contribution >= 4 is 10.2 Å². The first kappa shape index (κ1) is 18.2. The van der Waals surface area contributed by atoms with Crippen LogP contribution in [0.4, 0.5) is 0 Å². The van der Waals surface area contributed by atoms with E-state index < -0.39 is 10.2 Å². The SMILES string of the molecule is COc1ccc(C)cc1CCNS(=O)(=O)N1CC(C)OC(C)C1. The van der Waals surface area contributed by atoms with Crippen LogP contribution in [0.25, 0.3) is 0 Å². The zero-order valence-corrected chi connectivity index (χ0v) is 15.0. The standard InChI is InChI=1S/C16H26N2O4S/c1-12-5-6-16(21-4)15(9-12)7-8-17-23(19,20)18-10-13(2)22-14(3)11-18/h5-6,9,13-14,17H,7-8,10-11H2,1-4H3. The monoisotopic (exact) mass is 342 g/mol. The molecule has 7 heteroatoms. The second kappa shape index (κ2) is 7.61. The number of methoxy groups -OCH3 is 1. The van der Waals surface area contributed by atoms with Crippen LogP contribution in [0, 0.1) is 6.92 Å². The topological polar surface area (TPSA) is 67.9 Å². The molecular formula is C16H26N2O4S. The van der Waals surface area contributed by atoms with Crippen molar-refractivity contribution in [2.75, 3.05) is 26.7 Å². The first-order chi connectivity index (χ1) is 10.8. The molecule has 1 N–H and O–H groups in total. The van der Waals surface area contributed by atoms with Crippen molar-refractivity contribution in [1.29, 1.82) is 0 Å². The average molecular weight is 342 g/mol.